The molecule has 0 amide bonds. The van der Waals surface area contributed by atoms with Gasteiger partial charge in [0.1, 0.15) is 5.56 Å². The lowest BCUT2D eigenvalue weighted by Crippen LogP contribution is -2.13. The molecule has 124 valence electrons. The number of aromatic nitrogens is 2. The third-order valence-corrected chi connectivity index (χ3v) is 3.87. The highest BCUT2D eigenvalue weighted by atomic mass is 16.5. The molecule has 0 fully saturated rings. The number of hydrogen-bond acceptors (Lipinski definition) is 5. The fourth-order valence-corrected chi connectivity index (χ4v) is 2.87. The molecule has 0 aliphatic heterocycles. The van der Waals surface area contributed by atoms with E-state index in [-0.39, 0.29) is 24.3 Å². The van der Waals surface area contributed by atoms with Crippen LogP contribution in [0.15, 0.2) is 30.5 Å². The molecule has 0 atom stereocenters. The number of nitrogens with zero attached hydrogens (tertiary/aromatic N) is 2. The van der Waals surface area contributed by atoms with Gasteiger partial charge in [0.05, 0.1) is 36.2 Å². The Hall–Kier alpha value is -2.89. The van der Waals surface area contributed by atoms with Gasteiger partial charge in [0, 0.05) is 10.8 Å². The first-order valence-corrected chi connectivity index (χ1v) is 7.83. The van der Waals surface area contributed by atoms with Crippen LogP contribution in [0, 0.1) is 6.92 Å². The van der Waals surface area contributed by atoms with Crippen LogP contribution in [0.4, 0.5) is 0 Å². The van der Waals surface area contributed by atoms with Crippen LogP contribution in [0.25, 0.3) is 16.3 Å². The predicted molar refractivity (Wildman–Crippen MR) is 89.3 cm³/mol. The van der Waals surface area contributed by atoms with Gasteiger partial charge in [-0.15, -0.1) is 0 Å². The Labute approximate surface area is 139 Å². The first-order valence-electron chi connectivity index (χ1n) is 7.83. The third kappa shape index (κ3) is 2.40. The molecule has 0 radical (unpaired) electrons. The summed E-state index contributed by atoms with van der Waals surface area (Å²) in [5.41, 5.74) is 1.53. The van der Waals surface area contributed by atoms with E-state index in [1.165, 1.54) is 0 Å². The summed E-state index contributed by atoms with van der Waals surface area (Å²) in [6.45, 7) is 5.63. The lowest BCUT2D eigenvalue weighted by Gasteiger charge is -2.06. The molecule has 0 saturated heterocycles. The van der Waals surface area contributed by atoms with E-state index in [2.05, 4.69) is 5.10 Å². The molecule has 0 spiro atoms. The van der Waals surface area contributed by atoms with Gasteiger partial charge in [-0.25, -0.2) is 14.1 Å². The average Bonchev–Trinajstić information content (AvgIpc) is 2.89. The summed E-state index contributed by atoms with van der Waals surface area (Å²) < 4.78 is 11.9. The van der Waals surface area contributed by atoms with Crippen molar-refractivity contribution in [3.63, 3.8) is 0 Å². The molecule has 0 saturated carbocycles. The number of carbonyl (C=O) groups excluding carboxylic acids is 2. The lowest BCUT2D eigenvalue weighted by molar-refractivity contribution is 0.0481. The molecule has 2 aromatic heterocycles. The number of benzene rings is 1. The molecule has 6 heteroatoms. The molecule has 6 nitrogen and oxygen atoms in total. The number of esters is 2. The van der Waals surface area contributed by atoms with Crippen molar-refractivity contribution >= 4 is 28.2 Å². The maximum atomic E-state index is 12.6. The standard InChI is InChI=1S/C18H18N2O4/c1-4-23-17(21)14-11(3)20-16(15(14)18(22)24-5-2)13-9-7-6-8-12(13)10-19-20/h6-10H,4-5H2,1-3H3. The minimum Gasteiger partial charge on any atom is -0.462 e. The first kappa shape index (κ1) is 16.0. The van der Waals surface area contributed by atoms with E-state index in [1.807, 2.05) is 24.3 Å². The maximum absolute atomic E-state index is 12.6. The van der Waals surface area contributed by atoms with Gasteiger partial charge in [-0.1, -0.05) is 24.3 Å². The minimum absolute atomic E-state index is 0.206. The second-order valence-corrected chi connectivity index (χ2v) is 5.27. The van der Waals surface area contributed by atoms with Gasteiger partial charge in [-0.2, -0.15) is 5.10 Å². The van der Waals surface area contributed by atoms with E-state index in [4.69, 9.17) is 9.47 Å². The van der Waals surface area contributed by atoms with Crippen molar-refractivity contribution < 1.29 is 19.1 Å². The van der Waals surface area contributed by atoms with Gasteiger partial charge in [0.15, 0.2) is 0 Å². The van der Waals surface area contributed by atoms with Crippen molar-refractivity contribution in [1.82, 2.24) is 9.61 Å². The molecule has 0 bridgehead atoms. The smallest absolute Gasteiger partial charge is 0.341 e. The molecule has 3 aromatic rings. The van der Waals surface area contributed by atoms with Gasteiger partial charge >= 0.3 is 11.9 Å². The second kappa shape index (κ2) is 6.31. The zero-order valence-corrected chi connectivity index (χ0v) is 13.8. The van der Waals surface area contributed by atoms with E-state index < -0.39 is 11.9 Å². The molecule has 2 heterocycles. The van der Waals surface area contributed by atoms with Crippen molar-refractivity contribution in [2.75, 3.05) is 13.2 Å². The Kier molecular flexibility index (Phi) is 4.20. The van der Waals surface area contributed by atoms with Gasteiger partial charge in [-0.05, 0) is 20.8 Å². The van der Waals surface area contributed by atoms with E-state index >= 15 is 0 Å². The first-order chi connectivity index (χ1) is 11.6. The van der Waals surface area contributed by atoms with Crippen LogP contribution in [-0.4, -0.2) is 34.8 Å². The van der Waals surface area contributed by atoms with Crippen molar-refractivity contribution in [2.45, 2.75) is 20.8 Å². The zero-order valence-electron chi connectivity index (χ0n) is 13.8. The number of fused-ring (bicyclic) bond motifs is 3. The topological polar surface area (TPSA) is 69.9 Å². The van der Waals surface area contributed by atoms with Crippen molar-refractivity contribution in [2.24, 2.45) is 0 Å². The Balaban J connectivity index is 2.43. The summed E-state index contributed by atoms with van der Waals surface area (Å²) >= 11 is 0. The Morgan fingerprint density at radius 3 is 2.33 bits per heavy atom. The van der Waals surface area contributed by atoms with Crippen molar-refractivity contribution in [1.29, 1.82) is 0 Å². The minimum atomic E-state index is -0.552. The van der Waals surface area contributed by atoms with E-state index in [9.17, 15) is 9.59 Å². The number of rotatable bonds is 4. The molecule has 24 heavy (non-hydrogen) atoms. The van der Waals surface area contributed by atoms with Crippen LogP contribution in [0.3, 0.4) is 0 Å². The monoisotopic (exact) mass is 326 g/mol. The second-order valence-electron chi connectivity index (χ2n) is 5.27. The maximum Gasteiger partial charge on any atom is 0.341 e. The third-order valence-electron chi connectivity index (χ3n) is 3.87. The van der Waals surface area contributed by atoms with Gasteiger partial charge in [0.25, 0.3) is 0 Å². The van der Waals surface area contributed by atoms with Crippen molar-refractivity contribution in [3.05, 3.63) is 47.3 Å². The van der Waals surface area contributed by atoms with Crippen LogP contribution < -0.4 is 0 Å². The highest BCUT2D eigenvalue weighted by Crippen LogP contribution is 2.30. The fraction of sp³-hybridized carbons (Fsp3) is 0.278. The highest BCUT2D eigenvalue weighted by Gasteiger charge is 2.29. The summed E-state index contributed by atoms with van der Waals surface area (Å²) in [6.07, 6.45) is 1.71. The van der Waals surface area contributed by atoms with Crippen LogP contribution in [0.5, 0.6) is 0 Å². The Morgan fingerprint density at radius 2 is 1.67 bits per heavy atom. The number of aryl methyl sites for hydroxylation is 1. The molecule has 3 rings (SSSR count). The summed E-state index contributed by atoms with van der Waals surface area (Å²) in [5.74, 6) is -1.10. The van der Waals surface area contributed by atoms with Gasteiger partial charge in [0.2, 0.25) is 0 Å². The molecule has 0 unspecified atom stereocenters. The van der Waals surface area contributed by atoms with Crippen LogP contribution >= 0.6 is 0 Å². The van der Waals surface area contributed by atoms with Crippen LogP contribution in [0.2, 0.25) is 0 Å². The summed E-state index contributed by atoms with van der Waals surface area (Å²) in [5, 5.41) is 6.08. The summed E-state index contributed by atoms with van der Waals surface area (Å²) in [4.78, 5) is 25.0. The molecule has 0 aliphatic rings. The number of ether oxygens (including phenoxy) is 2. The molecule has 0 aliphatic carbocycles. The largest absolute Gasteiger partial charge is 0.462 e. The van der Waals surface area contributed by atoms with E-state index in [0.29, 0.717) is 11.2 Å². The number of carbonyl (C=O) groups is 2. The van der Waals surface area contributed by atoms with E-state index in [1.54, 1.807) is 31.5 Å². The van der Waals surface area contributed by atoms with E-state index in [0.717, 1.165) is 10.8 Å². The summed E-state index contributed by atoms with van der Waals surface area (Å²) in [7, 11) is 0. The molecular formula is C18H18N2O4. The average molecular weight is 326 g/mol. The van der Waals surface area contributed by atoms with Gasteiger partial charge in [-0.3, -0.25) is 0 Å². The number of hydrogen-bond donors (Lipinski definition) is 0. The molecule has 1 aromatic carbocycles. The Morgan fingerprint density at radius 1 is 1.04 bits per heavy atom. The quantitative estimate of drug-likeness (QED) is 0.689. The zero-order chi connectivity index (χ0) is 17.3. The molecule has 0 N–H and O–H groups in total. The Bertz CT molecular complexity index is 943. The van der Waals surface area contributed by atoms with Gasteiger partial charge < -0.3 is 9.47 Å². The SMILES string of the molecule is CCOC(=O)c1c(C(=O)OCC)c2c3ccccc3cnn2c1C. The van der Waals surface area contributed by atoms with Crippen molar-refractivity contribution in [3.8, 4) is 0 Å². The summed E-state index contributed by atoms with van der Waals surface area (Å²) in [6, 6.07) is 7.57. The highest BCUT2D eigenvalue weighted by molar-refractivity contribution is 6.14. The molecular weight excluding hydrogens is 308 g/mol. The normalized spacial score (nSPS) is 11.0. The van der Waals surface area contributed by atoms with Crippen LogP contribution in [0.1, 0.15) is 40.3 Å². The predicted octanol–water partition coefficient (Wildman–Crippen LogP) is 3.15. The fourth-order valence-electron chi connectivity index (χ4n) is 2.87. The van der Waals surface area contributed by atoms with Crippen LogP contribution in [-0.2, 0) is 9.47 Å². The lowest BCUT2D eigenvalue weighted by atomic mass is 10.1.